The Balaban J connectivity index is 1.37. The number of likely N-dealkylation sites (tertiary alicyclic amines) is 1. The molecule has 1 amide bonds. The first kappa shape index (κ1) is 19.1. The van der Waals surface area contributed by atoms with E-state index in [2.05, 4.69) is 10.2 Å². The third-order valence-corrected chi connectivity index (χ3v) is 5.04. The van der Waals surface area contributed by atoms with Crippen LogP contribution in [0.2, 0.25) is 0 Å². The molecule has 1 saturated heterocycles. The molecule has 0 bridgehead atoms. The minimum absolute atomic E-state index is 0.000440. The number of piperidine rings is 1. The summed E-state index contributed by atoms with van der Waals surface area (Å²) in [6.45, 7) is 3.20. The Morgan fingerprint density at radius 3 is 2.69 bits per heavy atom. The zero-order chi connectivity index (χ0) is 20.2. The summed E-state index contributed by atoms with van der Waals surface area (Å²) in [6, 6.07) is 13.5. The largest absolute Gasteiger partial charge is 0.484 e. The predicted octanol–water partition coefficient (Wildman–Crippen LogP) is 3.97. The van der Waals surface area contributed by atoms with E-state index < -0.39 is 0 Å². The van der Waals surface area contributed by atoms with Gasteiger partial charge in [-0.1, -0.05) is 17.7 Å². The second-order valence-corrected chi connectivity index (χ2v) is 7.23. The van der Waals surface area contributed by atoms with Crippen molar-refractivity contribution < 1.29 is 18.3 Å². The predicted molar refractivity (Wildman–Crippen MR) is 105 cm³/mol. The molecule has 1 fully saturated rings. The van der Waals surface area contributed by atoms with Crippen molar-refractivity contribution in [1.82, 2.24) is 15.1 Å². The van der Waals surface area contributed by atoms with Crippen LogP contribution in [-0.2, 0) is 4.79 Å². The normalized spacial score (nSPS) is 16.6. The molecule has 0 N–H and O–H groups in total. The molecule has 2 aromatic carbocycles. The number of aryl methyl sites for hydroxylation is 1. The molecule has 2 heterocycles. The maximum atomic E-state index is 13.1. The fourth-order valence-corrected chi connectivity index (χ4v) is 3.38. The molecule has 4 rings (SSSR count). The van der Waals surface area contributed by atoms with E-state index in [1.54, 1.807) is 17.0 Å². The molecular formula is C22H22FN3O3. The van der Waals surface area contributed by atoms with Crippen LogP contribution in [0.15, 0.2) is 52.9 Å². The minimum Gasteiger partial charge on any atom is -0.484 e. The monoisotopic (exact) mass is 395 g/mol. The second-order valence-electron chi connectivity index (χ2n) is 7.23. The third-order valence-electron chi connectivity index (χ3n) is 5.04. The number of benzene rings is 2. The van der Waals surface area contributed by atoms with Gasteiger partial charge in [0.05, 0.1) is 5.92 Å². The zero-order valence-corrected chi connectivity index (χ0v) is 16.2. The molecule has 0 aliphatic carbocycles. The van der Waals surface area contributed by atoms with E-state index in [-0.39, 0.29) is 24.2 Å². The van der Waals surface area contributed by atoms with Crippen LogP contribution in [-0.4, -0.2) is 40.7 Å². The highest BCUT2D eigenvalue weighted by Gasteiger charge is 2.28. The SMILES string of the molecule is Cc1ccc(OCC(=O)N2CCCC(c3nnc(-c4ccc(F)cc4)o3)C2)cc1. The van der Waals surface area contributed by atoms with E-state index in [9.17, 15) is 9.18 Å². The molecule has 1 unspecified atom stereocenters. The summed E-state index contributed by atoms with van der Waals surface area (Å²) < 4.78 is 24.5. The van der Waals surface area contributed by atoms with Gasteiger partial charge in [0.2, 0.25) is 11.8 Å². The smallest absolute Gasteiger partial charge is 0.260 e. The number of carbonyl (C=O) groups is 1. The maximum absolute atomic E-state index is 13.1. The van der Waals surface area contributed by atoms with Crippen LogP contribution in [0.1, 0.15) is 30.2 Å². The highest BCUT2D eigenvalue weighted by atomic mass is 19.1. The average molecular weight is 395 g/mol. The van der Waals surface area contributed by atoms with Gasteiger partial charge >= 0.3 is 0 Å². The molecule has 0 saturated carbocycles. The molecule has 1 aliphatic rings. The van der Waals surface area contributed by atoms with E-state index in [0.717, 1.165) is 18.4 Å². The molecule has 29 heavy (non-hydrogen) atoms. The van der Waals surface area contributed by atoms with Crippen LogP contribution in [0.25, 0.3) is 11.5 Å². The Morgan fingerprint density at radius 2 is 1.93 bits per heavy atom. The Bertz CT molecular complexity index is 970. The van der Waals surface area contributed by atoms with Gasteiger partial charge in [-0.05, 0) is 56.2 Å². The Hall–Kier alpha value is -3.22. The molecular weight excluding hydrogens is 373 g/mol. The van der Waals surface area contributed by atoms with Gasteiger partial charge in [-0.3, -0.25) is 4.79 Å². The van der Waals surface area contributed by atoms with Crippen LogP contribution in [0.3, 0.4) is 0 Å². The van der Waals surface area contributed by atoms with E-state index in [1.165, 1.54) is 12.1 Å². The molecule has 3 aromatic rings. The molecule has 6 nitrogen and oxygen atoms in total. The van der Waals surface area contributed by atoms with Crippen molar-refractivity contribution in [2.24, 2.45) is 0 Å². The highest BCUT2D eigenvalue weighted by molar-refractivity contribution is 5.78. The number of nitrogens with zero attached hydrogens (tertiary/aromatic N) is 3. The number of ether oxygens (including phenoxy) is 1. The molecule has 1 atom stereocenters. The summed E-state index contributed by atoms with van der Waals surface area (Å²) in [5, 5.41) is 8.23. The van der Waals surface area contributed by atoms with Gasteiger partial charge in [0.25, 0.3) is 5.91 Å². The van der Waals surface area contributed by atoms with E-state index in [1.807, 2.05) is 31.2 Å². The fourth-order valence-electron chi connectivity index (χ4n) is 3.38. The van der Waals surface area contributed by atoms with E-state index in [4.69, 9.17) is 9.15 Å². The number of hydrogen-bond donors (Lipinski definition) is 0. The van der Waals surface area contributed by atoms with Crippen molar-refractivity contribution >= 4 is 5.91 Å². The highest BCUT2D eigenvalue weighted by Crippen LogP contribution is 2.28. The number of hydrogen-bond acceptors (Lipinski definition) is 5. The van der Waals surface area contributed by atoms with Gasteiger partial charge in [0.15, 0.2) is 6.61 Å². The molecule has 1 aliphatic heterocycles. The lowest BCUT2D eigenvalue weighted by atomic mass is 9.98. The molecule has 0 spiro atoms. The summed E-state index contributed by atoms with van der Waals surface area (Å²) in [6.07, 6.45) is 1.73. The molecule has 150 valence electrons. The number of aromatic nitrogens is 2. The van der Waals surface area contributed by atoms with Crippen LogP contribution in [0, 0.1) is 12.7 Å². The van der Waals surface area contributed by atoms with Crippen LogP contribution >= 0.6 is 0 Å². The van der Waals surface area contributed by atoms with Crippen LogP contribution in [0.4, 0.5) is 4.39 Å². The number of carbonyl (C=O) groups excluding carboxylic acids is 1. The van der Waals surface area contributed by atoms with Crippen LogP contribution < -0.4 is 4.74 Å². The summed E-state index contributed by atoms with van der Waals surface area (Å²) >= 11 is 0. The first-order valence-corrected chi connectivity index (χ1v) is 9.65. The van der Waals surface area contributed by atoms with Gasteiger partial charge in [-0.25, -0.2) is 4.39 Å². The Morgan fingerprint density at radius 1 is 1.17 bits per heavy atom. The lowest BCUT2D eigenvalue weighted by molar-refractivity contribution is -0.134. The molecule has 0 radical (unpaired) electrons. The zero-order valence-electron chi connectivity index (χ0n) is 16.2. The Labute approximate surface area is 168 Å². The van der Waals surface area contributed by atoms with Crippen molar-refractivity contribution in [1.29, 1.82) is 0 Å². The molecule has 7 heteroatoms. The Kier molecular flexibility index (Phi) is 5.55. The topological polar surface area (TPSA) is 68.5 Å². The van der Waals surface area contributed by atoms with Gasteiger partial charge in [0, 0.05) is 18.7 Å². The number of rotatable bonds is 5. The van der Waals surface area contributed by atoms with Gasteiger partial charge in [-0.2, -0.15) is 0 Å². The van der Waals surface area contributed by atoms with Crippen molar-refractivity contribution in [3.8, 4) is 17.2 Å². The third kappa shape index (κ3) is 4.62. The second kappa shape index (κ2) is 8.43. The first-order valence-electron chi connectivity index (χ1n) is 9.65. The standard InChI is InChI=1S/C22H22FN3O3/c1-15-4-10-19(11-5-15)28-14-20(27)26-12-2-3-17(13-26)22-25-24-21(29-22)16-6-8-18(23)9-7-16/h4-11,17H,2-3,12-14H2,1H3. The van der Waals surface area contributed by atoms with E-state index >= 15 is 0 Å². The van der Waals surface area contributed by atoms with Crippen molar-refractivity contribution in [2.45, 2.75) is 25.7 Å². The summed E-state index contributed by atoms with van der Waals surface area (Å²) in [5.41, 5.74) is 1.81. The van der Waals surface area contributed by atoms with E-state index in [0.29, 0.717) is 36.2 Å². The van der Waals surface area contributed by atoms with Gasteiger partial charge < -0.3 is 14.1 Å². The quantitative estimate of drug-likeness (QED) is 0.654. The first-order chi connectivity index (χ1) is 14.1. The van der Waals surface area contributed by atoms with Crippen molar-refractivity contribution in [3.05, 3.63) is 65.8 Å². The van der Waals surface area contributed by atoms with Gasteiger partial charge in [0.1, 0.15) is 11.6 Å². The summed E-state index contributed by atoms with van der Waals surface area (Å²) in [7, 11) is 0. The van der Waals surface area contributed by atoms with Crippen molar-refractivity contribution in [2.75, 3.05) is 19.7 Å². The minimum atomic E-state index is -0.317. The fraction of sp³-hybridized carbons (Fsp3) is 0.318. The summed E-state index contributed by atoms with van der Waals surface area (Å²) in [4.78, 5) is 14.4. The lowest BCUT2D eigenvalue weighted by Gasteiger charge is -2.31. The summed E-state index contributed by atoms with van der Waals surface area (Å²) in [5.74, 6) is 1.14. The van der Waals surface area contributed by atoms with Gasteiger partial charge in [-0.15, -0.1) is 10.2 Å². The van der Waals surface area contributed by atoms with Crippen molar-refractivity contribution in [3.63, 3.8) is 0 Å². The number of halogens is 1. The van der Waals surface area contributed by atoms with Crippen LogP contribution in [0.5, 0.6) is 5.75 Å². The lowest BCUT2D eigenvalue weighted by Crippen LogP contribution is -2.41. The number of amides is 1. The maximum Gasteiger partial charge on any atom is 0.260 e. The molecule has 1 aromatic heterocycles. The average Bonchev–Trinajstić information content (AvgIpc) is 3.24.